The van der Waals surface area contributed by atoms with Gasteiger partial charge in [-0.2, -0.15) is 26.3 Å². The normalized spacial score (nSPS) is 13.4. The van der Waals surface area contributed by atoms with Crippen LogP contribution in [0.1, 0.15) is 33.5 Å². The number of carbonyl (C=O) groups excluding carboxylic acids is 1. The molecule has 3 aromatic carbocycles. The Hall–Kier alpha value is -4.05. The molecular formula is C29H22ClF6N3O. The zero-order chi connectivity index (χ0) is 29.1. The molecule has 40 heavy (non-hydrogen) atoms. The molecule has 4 aromatic rings. The lowest BCUT2D eigenvalue weighted by Crippen LogP contribution is -2.51. The highest BCUT2D eigenvalue weighted by molar-refractivity contribution is 6.30. The summed E-state index contributed by atoms with van der Waals surface area (Å²) in [5.41, 5.74) is -3.24. The lowest BCUT2D eigenvalue weighted by Gasteiger charge is -2.36. The van der Waals surface area contributed by atoms with Crippen molar-refractivity contribution in [2.75, 3.05) is 5.32 Å². The Bertz CT molecular complexity index is 1490. The van der Waals surface area contributed by atoms with E-state index in [0.29, 0.717) is 11.1 Å². The minimum atomic E-state index is -4.77. The van der Waals surface area contributed by atoms with Crippen LogP contribution in [0.3, 0.4) is 0 Å². The van der Waals surface area contributed by atoms with Crippen molar-refractivity contribution >= 4 is 23.3 Å². The van der Waals surface area contributed by atoms with E-state index in [1.807, 2.05) is 0 Å². The second-order valence-electron chi connectivity index (χ2n) is 9.13. The van der Waals surface area contributed by atoms with Crippen molar-refractivity contribution in [3.8, 4) is 0 Å². The number of aryl methyl sites for hydroxylation is 1. The van der Waals surface area contributed by atoms with Gasteiger partial charge in [-0.25, -0.2) is 4.79 Å². The van der Waals surface area contributed by atoms with E-state index in [0.717, 1.165) is 24.3 Å². The maximum Gasteiger partial charge on any atom is 0.418 e. The predicted molar refractivity (Wildman–Crippen MR) is 140 cm³/mol. The molecular weight excluding hydrogens is 556 g/mol. The van der Waals surface area contributed by atoms with E-state index in [4.69, 9.17) is 11.6 Å². The molecule has 1 atom stereocenters. The third kappa shape index (κ3) is 6.56. The van der Waals surface area contributed by atoms with Crippen molar-refractivity contribution < 1.29 is 31.1 Å². The number of hydrogen-bond donors (Lipinski definition) is 2. The number of nitrogens with zero attached hydrogens (tertiary/aromatic N) is 1. The number of alkyl halides is 6. The molecule has 1 aromatic heterocycles. The van der Waals surface area contributed by atoms with Crippen molar-refractivity contribution in [3.63, 3.8) is 0 Å². The molecule has 1 unspecified atom stereocenters. The SMILES string of the molecule is Cc1ccc(NC(=O)NC(Cc2ccccc2)(c2cccc(C(F)(F)F)c2)c2ccc(Cl)cn2)c(C(F)(F)F)c1. The Morgan fingerprint density at radius 2 is 1.52 bits per heavy atom. The quantitative estimate of drug-likeness (QED) is 0.226. The van der Waals surface area contributed by atoms with Crippen molar-refractivity contribution in [1.29, 1.82) is 0 Å². The molecule has 1 heterocycles. The van der Waals surface area contributed by atoms with Crippen LogP contribution in [0.15, 0.2) is 91.1 Å². The first-order chi connectivity index (χ1) is 18.8. The number of anilines is 1. The van der Waals surface area contributed by atoms with Crippen molar-refractivity contribution in [1.82, 2.24) is 10.3 Å². The van der Waals surface area contributed by atoms with Gasteiger partial charge in [0.15, 0.2) is 0 Å². The van der Waals surface area contributed by atoms with Gasteiger partial charge in [0.1, 0.15) is 5.54 Å². The van der Waals surface area contributed by atoms with Crippen LogP contribution in [-0.4, -0.2) is 11.0 Å². The van der Waals surface area contributed by atoms with Gasteiger partial charge in [0.25, 0.3) is 0 Å². The van der Waals surface area contributed by atoms with Crippen LogP contribution in [0.2, 0.25) is 5.02 Å². The summed E-state index contributed by atoms with van der Waals surface area (Å²) in [7, 11) is 0. The van der Waals surface area contributed by atoms with Crippen LogP contribution in [-0.2, 0) is 24.3 Å². The summed E-state index contributed by atoms with van der Waals surface area (Å²) < 4.78 is 82.4. The van der Waals surface area contributed by atoms with Crippen LogP contribution < -0.4 is 10.6 Å². The molecule has 0 saturated heterocycles. The molecule has 4 rings (SSSR count). The van der Waals surface area contributed by atoms with Crippen molar-refractivity contribution in [2.24, 2.45) is 0 Å². The van der Waals surface area contributed by atoms with Gasteiger partial charge in [-0.15, -0.1) is 0 Å². The Labute approximate surface area is 231 Å². The topological polar surface area (TPSA) is 54.0 Å². The standard InChI is InChI=1S/C29H22ClF6N3O/c1-18-10-12-24(23(14-18)29(34,35)36)38-26(40)39-27(16-19-6-3-2-4-7-19,25-13-11-22(30)17-37-25)20-8-5-9-21(15-20)28(31,32)33/h2-15,17H,16H2,1H3,(H2,38,39,40). The molecule has 0 aliphatic heterocycles. The minimum Gasteiger partial charge on any atom is -0.322 e. The Kier molecular flexibility index (Phi) is 8.11. The fraction of sp³-hybridized carbons (Fsp3) is 0.172. The first-order valence-electron chi connectivity index (χ1n) is 11.9. The van der Waals surface area contributed by atoms with E-state index in [9.17, 15) is 31.1 Å². The number of amides is 2. The number of pyridine rings is 1. The summed E-state index contributed by atoms with van der Waals surface area (Å²) in [5, 5.41) is 5.13. The lowest BCUT2D eigenvalue weighted by molar-refractivity contribution is -0.138. The maximum atomic E-state index is 13.7. The first kappa shape index (κ1) is 28.9. The van der Waals surface area contributed by atoms with E-state index in [1.165, 1.54) is 43.5 Å². The predicted octanol–water partition coefficient (Wildman–Crippen LogP) is 8.39. The van der Waals surface area contributed by atoms with Gasteiger partial charge in [0.2, 0.25) is 0 Å². The fourth-order valence-corrected chi connectivity index (χ4v) is 4.47. The summed E-state index contributed by atoms with van der Waals surface area (Å²) in [6.45, 7) is 1.48. The Morgan fingerprint density at radius 3 is 2.15 bits per heavy atom. The molecule has 0 bridgehead atoms. The number of benzene rings is 3. The largest absolute Gasteiger partial charge is 0.418 e. The summed E-state index contributed by atoms with van der Waals surface area (Å²) in [4.78, 5) is 17.7. The fourth-order valence-electron chi connectivity index (χ4n) is 4.36. The van der Waals surface area contributed by atoms with E-state index in [1.54, 1.807) is 30.3 Å². The Morgan fingerprint density at radius 1 is 0.825 bits per heavy atom. The number of urea groups is 1. The summed E-state index contributed by atoms with van der Waals surface area (Å²) in [6.07, 6.45) is -8.29. The van der Waals surface area contributed by atoms with E-state index < -0.39 is 40.7 Å². The van der Waals surface area contributed by atoms with Gasteiger partial charge in [-0.05, 0) is 54.4 Å². The summed E-state index contributed by atoms with van der Waals surface area (Å²) >= 11 is 6.02. The molecule has 0 saturated carbocycles. The average molecular weight is 578 g/mol. The highest BCUT2D eigenvalue weighted by atomic mass is 35.5. The maximum absolute atomic E-state index is 13.7. The van der Waals surface area contributed by atoms with Gasteiger partial charge in [0, 0.05) is 12.6 Å². The first-order valence-corrected chi connectivity index (χ1v) is 12.3. The van der Waals surface area contributed by atoms with Gasteiger partial charge in [-0.3, -0.25) is 4.98 Å². The van der Waals surface area contributed by atoms with E-state index in [-0.39, 0.29) is 22.7 Å². The van der Waals surface area contributed by atoms with Gasteiger partial charge < -0.3 is 10.6 Å². The number of halogens is 7. The Balaban J connectivity index is 1.88. The molecule has 0 aliphatic rings. The second kappa shape index (κ2) is 11.2. The summed E-state index contributed by atoms with van der Waals surface area (Å²) in [6, 6.07) is 18.1. The average Bonchev–Trinajstić information content (AvgIpc) is 2.89. The van der Waals surface area contributed by atoms with Crippen LogP contribution in [0.25, 0.3) is 0 Å². The second-order valence-corrected chi connectivity index (χ2v) is 9.57. The smallest absolute Gasteiger partial charge is 0.322 e. The van der Waals surface area contributed by atoms with E-state index in [2.05, 4.69) is 15.6 Å². The third-order valence-corrected chi connectivity index (χ3v) is 6.44. The molecule has 11 heteroatoms. The monoisotopic (exact) mass is 577 g/mol. The number of rotatable bonds is 6. The number of aromatic nitrogens is 1. The zero-order valence-electron chi connectivity index (χ0n) is 20.9. The van der Waals surface area contributed by atoms with Gasteiger partial charge >= 0.3 is 18.4 Å². The van der Waals surface area contributed by atoms with Crippen molar-refractivity contribution in [3.05, 3.63) is 130 Å². The highest BCUT2D eigenvalue weighted by Crippen LogP contribution is 2.38. The number of hydrogen-bond acceptors (Lipinski definition) is 2. The molecule has 0 aliphatic carbocycles. The highest BCUT2D eigenvalue weighted by Gasteiger charge is 2.41. The molecule has 2 N–H and O–H groups in total. The zero-order valence-corrected chi connectivity index (χ0v) is 21.6. The van der Waals surface area contributed by atoms with Crippen LogP contribution in [0.5, 0.6) is 0 Å². The molecule has 4 nitrogen and oxygen atoms in total. The number of nitrogens with one attached hydrogen (secondary N) is 2. The molecule has 0 fully saturated rings. The summed E-state index contributed by atoms with van der Waals surface area (Å²) in [5.74, 6) is 0. The molecule has 0 radical (unpaired) electrons. The van der Waals surface area contributed by atoms with Gasteiger partial charge in [0.05, 0.1) is 27.5 Å². The lowest BCUT2D eigenvalue weighted by atomic mass is 9.80. The number of carbonyl (C=O) groups is 1. The molecule has 0 spiro atoms. The molecule has 208 valence electrons. The molecule has 2 amide bonds. The van der Waals surface area contributed by atoms with E-state index >= 15 is 0 Å². The van der Waals surface area contributed by atoms with Gasteiger partial charge in [-0.1, -0.05) is 65.7 Å². The van der Waals surface area contributed by atoms with Crippen LogP contribution in [0.4, 0.5) is 36.8 Å². The van der Waals surface area contributed by atoms with Crippen LogP contribution >= 0.6 is 11.6 Å². The van der Waals surface area contributed by atoms with Crippen molar-refractivity contribution in [2.45, 2.75) is 31.2 Å². The third-order valence-electron chi connectivity index (χ3n) is 6.22. The minimum absolute atomic E-state index is 0.0103. The van der Waals surface area contributed by atoms with Crippen LogP contribution in [0, 0.1) is 6.92 Å².